The van der Waals surface area contributed by atoms with Crippen molar-refractivity contribution in [3.63, 3.8) is 0 Å². The van der Waals surface area contributed by atoms with Gasteiger partial charge in [-0.25, -0.2) is 8.42 Å². The Balaban J connectivity index is 1.67. The van der Waals surface area contributed by atoms with Gasteiger partial charge in [-0.1, -0.05) is 19.1 Å². The molecule has 174 valence electrons. The summed E-state index contributed by atoms with van der Waals surface area (Å²) in [6.45, 7) is 9.78. The van der Waals surface area contributed by atoms with Gasteiger partial charge in [0.1, 0.15) is 5.75 Å². The van der Waals surface area contributed by atoms with Crippen LogP contribution in [-0.2, 0) is 14.8 Å². The minimum atomic E-state index is -3.74. The number of rotatable bonds is 8. The predicted molar refractivity (Wildman–Crippen MR) is 132 cm³/mol. The van der Waals surface area contributed by atoms with Crippen LogP contribution in [0.15, 0.2) is 65.6 Å². The van der Waals surface area contributed by atoms with Gasteiger partial charge in [0.25, 0.3) is 15.9 Å². The van der Waals surface area contributed by atoms with Gasteiger partial charge in [-0.3, -0.25) is 9.52 Å². The zero-order chi connectivity index (χ0) is 24.2. The highest BCUT2D eigenvalue weighted by atomic mass is 32.2. The van der Waals surface area contributed by atoms with E-state index in [1.54, 1.807) is 24.3 Å². The summed E-state index contributed by atoms with van der Waals surface area (Å²) >= 11 is 0. The Morgan fingerprint density at radius 3 is 1.97 bits per heavy atom. The van der Waals surface area contributed by atoms with Crippen LogP contribution in [0.3, 0.4) is 0 Å². The summed E-state index contributed by atoms with van der Waals surface area (Å²) in [5, 5.41) is 2.80. The molecular formula is C26H30N2O4S. The number of sulfonamides is 1. The molecule has 0 aromatic heterocycles. The van der Waals surface area contributed by atoms with Crippen LogP contribution in [0, 0.1) is 27.7 Å². The molecule has 1 unspecified atom stereocenters. The van der Waals surface area contributed by atoms with Crippen LogP contribution >= 0.6 is 0 Å². The van der Waals surface area contributed by atoms with Crippen LogP contribution in [-0.4, -0.2) is 20.4 Å². The number of carbonyl (C=O) groups excluding carboxylic acids is 1. The number of anilines is 2. The first-order valence-corrected chi connectivity index (χ1v) is 12.3. The monoisotopic (exact) mass is 466 g/mol. The molecule has 1 atom stereocenters. The lowest BCUT2D eigenvalue weighted by Crippen LogP contribution is -2.32. The standard InChI is InChI=1S/C26H30N2O4S/c1-6-25(32-23-12-8-18(3)20(5)16-23)26(29)27-21-10-13-24(14-11-21)33(30,31)28-22-9-7-17(2)19(4)15-22/h7-16,25,28H,6H2,1-5H3,(H,27,29). The Kier molecular flexibility index (Phi) is 7.43. The third-order valence-electron chi connectivity index (χ3n) is 5.61. The Bertz CT molecular complexity index is 1250. The summed E-state index contributed by atoms with van der Waals surface area (Å²) in [6, 6.07) is 17.2. The third kappa shape index (κ3) is 6.14. The predicted octanol–water partition coefficient (Wildman–Crippen LogP) is 5.52. The first-order valence-electron chi connectivity index (χ1n) is 10.8. The van der Waals surface area contributed by atoms with E-state index in [-0.39, 0.29) is 10.8 Å². The zero-order valence-electron chi connectivity index (χ0n) is 19.6. The normalized spacial score (nSPS) is 12.2. The number of hydrogen-bond donors (Lipinski definition) is 2. The summed E-state index contributed by atoms with van der Waals surface area (Å²) in [6.07, 6.45) is -0.174. The van der Waals surface area contributed by atoms with Crippen LogP contribution < -0.4 is 14.8 Å². The smallest absolute Gasteiger partial charge is 0.265 e. The quantitative estimate of drug-likeness (QED) is 0.458. The van der Waals surface area contributed by atoms with E-state index >= 15 is 0 Å². The average molecular weight is 467 g/mol. The van der Waals surface area contributed by atoms with Crippen LogP contribution in [0.4, 0.5) is 11.4 Å². The molecule has 33 heavy (non-hydrogen) atoms. The number of ether oxygens (including phenoxy) is 1. The molecule has 3 aromatic carbocycles. The van der Waals surface area contributed by atoms with Crippen molar-refractivity contribution < 1.29 is 17.9 Å². The average Bonchev–Trinajstić information content (AvgIpc) is 2.77. The van der Waals surface area contributed by atoms with Crippen molar-refractivity contribution in [3.8, 4) is 5.75 Å². The van der Waals surface area contributed by atoms with Gasteiger partial charge in [0.05, 0.1) is 4.90 Å². The molecule has 6 nitrogen and oxygen atoms in total. The van der Waals surface area contributed by atoms with E-state index in [9.17, 15) is 13.2 Å². The maximum Gasteiger partial charge on any atom is 0.265 e. The third-order valence-corrected chi connectivity index (χ3v) is 7.01. The fourth-order valence-corrected chi connectivity index (χ4v) is 4.28. The molecule has 2 N–H and O–H groups in total. The van der Waals surface area contributed by atoms with Crippen LogP contribution in [0.25, 0.3) is 0 Å². The molecule has 0 fully saturated rings. The molecule has 0 saturated carbocycles. The van der Waals surface area contributed by atoms with Crippen LogP contribution in [0.2, 0.25) is 0 Å². The lowest BCUT2D eigenvalue weighted by atomic mass is 10.1. The molecule has 0 aliphatic heterocycles. The zero-order valence-corrected chi connectivity index (χ0v) is 20.4. The minimum absolute atomic E-state index is 0.108. The van der Waals surface area contributed by atoms with Crippen molar-refractivity contribution in [2.45, 2.75) is 52.0 Å². The molecule has 7 heteroatoms. The Morgan fingerprint density at radius 2 is 1.39 bits per heavy atom. The van der Waals surface area contributed by atoms with Crippen molar-refractivity contribution >= 4 is 27.3 Å². The van der Waals surface area contributed by atoms with Gasteiger partial charge in [0.2, 0.25) is 0 Å². The highest BCUT2D eigenvalue weighted by Crippen LogP contribution is 2.22. The SMILES string of the molecule is CCC(Oc1ccc(C)c(C)c1)C(=O)Nc1ccc(S(=O)(=O)Nc2ccc(C)c(C)c2)cc1. The van der Waals surface area contributed by atoms with Crippen LogP contribution in [0.1, 0.15) is 35.6 Å². The van der Waals surface area contributed by atoms with E-state index in [1.807, 2.05) is 58.9 Å². The number of nitrogens with one attached hydrogen (secondary N) is 2. The maximum atomic E-state index is 12.7. The number of carbonyl (C=O) groups is 1. The minimum Gasteiger partial charge on any atom is -0.481 e. The van der Waals surface area contributed by atoms with Crippen LogP contribution in [0.5, 0.6) is 5.75 Å². The summed E-state index contributed by atoms with van der Waals surface area (Å²) < 4.78 is 33.9. The first kappa shape index (κ1) is 24.3. The highest BCUT2D eigenvalue weighted by molar-refractivity contribution is 7.92. The van der Waals surface area contributed by atoms with E-state index in [2.05, 4.69) is 10.0 Å². The Morgan fingerprint density at radius 1 is 0.818 bits per heavy atom. The van der Waals surface area contributed by atoms with Crippen molar-refractivity contribution in [2.24, 2.45) is 0 Å². The lowest BCUT2D eigenvalue weighted by molar-refractivity contribution is -0.122. The Hall–Kier alpha value is -3.32. The van der Waals surface area contributed by atoms with Gasteiger partial charge in [-0.2, -0.15) is 0 Å². The molecule has 0 spiro atoms. The van der Waals surface area contributed by atoms with Crippen molar-refractivity contribution in [2.75, 3.05) is 10.0 Å². The summed E-state index contributed by atoms with van der Waals surface area (Å²) in [5.74, 6) is 0.346. The fraction of sp³-hybridized carbons (Fsp3) is 0.269. The number of benzene rings is 3. The number of aryl methyl sites for hydroxylation is 4. The molecule has 0 saturated heterocycles. The van der Waals surface area contributed by atoms with Crippen molar-refractivity contribution in [3.05, 3.63) is 82.9 Å². The van der Waals surface area contributed by atoms with Gasteiger partial charge in [0.15, 0.2) is 6.10 Å². The van der Waals surface area contributed by atoms with Crippen molar-refractivity contribution in [1.29, 1.82) is 0 Å². The van der Waals surface area contributed by atoms with Gasteiger partial charge >= 0.3 is 0 Å². The largest absolute Gasteiger partial charge is 0.481 e. The topological polar surface area (TPSA) is 84.5 Å². The second-order valence-corrected chi connectivity index (χ2v) is 9.86. The molecule has 0 aliphatic carbocycles. The summed E-state index contributed by atoms with van der Waals surface area (Å²) in [4.78, 5) is 12.8. The molecule has 0 aliphatic rings. The van der Waals surface area contributed by atoms with Crippen molar-refractivity contribution in [1.82, 2.24) is 0 Å². The second kappa shape index (κ2) is 10.1. The first-order chi connectivity index (χ1) is 15.6. The van der Waals surface area contributed by atoms with E-state index in [0.717, 1.165) is 22.3 Å². The molecule has 0 bridgehead atoms. The maximum absolute atomic E-state index is 12.7. The molecule has 3 aromatic rings. The number of hydrogen-bond acceptors (Lipinski definition) is 4. The molecule has 3 rings (SSSR count). The summed E-state index contributed by atoms with van der Waals surface area (Å²) in [7, 11) is -3.74. The summed E-state index contributed by atoms with van der Waals surface area (Å²) in [5.41, 5.74) is 5.33. The number of amides is 1. The Labute approximate surface area is 196 Å². The molecule has 1 amide bonds. The molecule has 0 heterocycles. The van der Waals surface area contributed by atoms with E-state index in [0.29, 0.717) is 23.5 Å². The molecule has 0 radical (unpaired) electrons. The van der Waals surface area contributed by atoms with E-state index in [1.165, 1.54) is 12.1 Å². The molecular weight excluding hydrogens is 436 g/mol. The van der Waals surface area contributed by atoms with E-state index < -0.39 is 16.1 Å². The highest BCUT2D eigenvalue weighted by Gasteiger charge is 2.20. The fourth-order valence-electron chi connectivity index (χ4n) is 3.23. The van der Waals surface area contributed by atoms with Gasteiger partial charge in [0, 0.05) is 11.4 Å². The van der Waals surface area contributed by atoms with Gasteiger partial charge in [-0.05, 0) is 105 Å². The van der Waals surface area contributed by atoms with E-state index in [4.69, 9.17) is 4.74 Å². The van der Waals surface area contributed by atoms with Gasteiger partial charge < -0.3 is 10.1 Å². The lowest BCUT2D eigenvalue weighted by Gasteiger charge is -2.18. The van der Waals surface area contributed by atoms with Gasteiger partial charge in [-0.15, -0.1) is 0 Å². The second-order valence-electron chi connectivity index (χ2n) is 8.18.